The zero-order valence-electron chi connectivity index (χ0n) is 10.1. The molecule has 0 atom stereocenters. The quantitative estimate of drug-likeness (QED) is 0.667. The molecule has 3 nitrogen and oxygen atoms in total. The highest BCUT2D eigenvalue weighted by molar-refractivity contribution is 14.1. The molecule has 100 valence electrons. The number of anilines is 1. The van der Waals surface area contributed by atoms with Crippen LogP contribution in [0.25, 0.3) is 0 Å². The Labute approximate surface area is 138 Å². The third kappa shape index (κ3) is 3.52. The lowest BCUT2D eigenvalue weighted by atomic mass is 10.3. The van der Waals surface area contributed by atoms with Crippen LogP contribution in [-0.4, -0.2) is 10.5 Å². The zero-order chi connectivity index (χ0) is 14.0. The van der Waals surface area contributed by atoms with E-state index >= 15 is 0 Å². The summed E-state index contributed by atoms with van der Waals surface area (Å²) in [7, 11) is 0. The Kier molecular flexibility index (Phi) is 4.92. The van der Waals surface area contributed by atoms with E-state index in [4.69, 9.17) is 11.6 Å². The molecule has 0 saturated heterocycles. The molecule has 0 radical (unpaired) electrons. The average molecular weight is 454 g/mol. The Morgan fingerprint density at radius 2 is 2.21 bits per heavy atom. The van der Waals surface area contributed by atoms with E-state index in [0.717, 1.165) is 20.3 Å². The van der Waals surface area contributed by atoms with Crippen molar-refractivity contribution in [2.45, 2.75) is 13.5 Å². The Morgan fingerprint density at radius 1 is 1.47 bits per heavy atom. The van der Waals surface area contributed by atoms with E-state index in [1.165, 1.54) is 0 Å². The van der Waals surface area contributed by atoms with Gasteiger partial charge >= 0.3 is 0 Å². The van der Waals surface area contributed by atoms with Crippen molar-refractivity contribution in [1.82, 2.24) is 4.57 Å². The molecular weight excluding hydrogens is 442 g/mol. The molecule has 1 aromatic carbocycles. The van der Waals surface area contributed by atoms with Gasteiger partial charge in [0.1, 0.15) is 5.69 Å². The molecule has 0 saturated carbocycles. The molecule has 1 N–H and O–H groups in total. The number of halogens is 3. The summed E-state index contributed by atoms with van der Waals surface area (Å²) in [6, 6.07) is 7.18. The van der Waals surface area contributed by atoms with Gasteiger partial charge in [-0.1, -0.05) is 11.6 Å². The number of rotatable bonds is 3. The van der Waals surface area contributed by atoms with Crippen LogP contribution in [0.1, 0.15) is 17.4 Å². The fourth-order valence-electron chi connectivity index (χ4n) is 1.70. The van der Waals surface area contributed by atoms with E-state index in [1.807, 2.05) is 29.8 Å². The summed E-state index contributed by atoms with van der Waals surface area (Å²) in [6.45, 7) is 2.74. The number of aryl methyl sites for hydroxylation is 1. The monoisotopic (exact) mass is 452 g/mol. The summed E-state index contributed by atoms with van der Waals surface area (Å²) in [6.07, 6.45) is 1.89. The fourth-order valence-corrected chi connectivity index (χ4v) is 3.17. The molecule has 1 aromatic heterocycles. The topological polar surface area (TPSA) is 34.0 Å². The van der Waals surface area contributed by atoms with Crippen LogP contribution in [0, 0.1) is 3.57 Å². The minimum Gasteiger partial charge on any atom is -0.343 e. The lowest BCUT2D eigenvalue weighted by molar-refractivity contribution is 0.101. The number of nitrogens with one attached hydrogen (secondary N) is 1. The van der Waals surface area contributed by atoms with E-state index in [9.17, 15) is 4.79 Å². The summed E-state index contributed by atoms with van der Waals surface area (Å²) in [4.78, 5) is 12.3. The molecule has 0 aliphatic heterocycles. The van der Waals surface area contributed by atoms with Gasteiger partial charge in [-0.25, -0.2) is 0 Å². The maximum absolute atomic E-state index is 12.3. The Hall–Kier alpha value is -0.530. The SMILES string of the molecule is CCn1cc(Br)cc1C(=O)Nc1ccc(Cl)cc1I. The molecule has 6 heteroatoms. The summed E-state index contributed by atoms with van der Waals surface area (Å²) in [5, 5.41) is 3.55. The van der Waals surface area contributed by atoms with Gasteiger partial charge in [-0.15, -0.1) is 0 Å². The minimum atomic E-state index is -0.132. The predicted octanol–water partition coefficient (Wildman–Crippen LogP) is 4.78. The normalized spacial score (nSPS) is 10.5. The summed E-state index contributed by atoms with van der Waals surface area (Å²) < 4.78 is 3.69. The average Bonchev–Trinajstić information content (AvgIpc) is 2.74. The maximum Gasteiger partial charge on any atom is 0.272 e. The second kappa shape index (κ2) is 6.28. The molecule has 1 amide bonds. The van der Waals surface area contributed by atoms with Crippen LogP contribution in [-0.2, 0) is 6.54 Å². The molecule has 19 heavy (non-hydrogen) atoms. The van der Waals surface area contributed by atoms with Gasteiger partial charge in [0.15, 0.2) is 0 Å². The summed E-state index contributed by atoms with van der Waals surface area (Å²) in [5.41, 5.74) is 1.38. The lowest BCUT2D eigenvalue weighted by Gasteiger charge is -2.09. The number of hydrogen-bond donors (Lipinski definition) is 1. The van der Waals surface area contributed by atoms with Crippen molar-refractivity contribution in [1.29, 1.82) is 0 Å². The van der Waals surface area contributed by atoms with E-state index in [-0.39, 0.29) is 5.91 Å². The van der Waals surface area contributed by atoms with Gasteiger partial charge in [-0.05, 0) is 69.7 Å². The van der Waals surface area contributed by atoms with E-state index in [2.05, 4.69) is 43.8 Å². The van der Waals surface area contributed by atoms with Crippen LogP contribution in [0.4, 0.5) is 5.69 Å². The highest BCUT2D eigenvalue weighted by atomic mass is 127. The number of benzene rings is 1. The lowest BCUT2D eigenvalue weighted by Crippen LogP contribution is -2.16. The molecule has 0 aliphatic carbocycles. The highest BCUT2D eigenvalue weighted by Gasteiger charge is 2.13. The predicted molar refractivity (Wildman–Crippen MR) is 89.9 cm³/mol. The number of nitrogens with zero attached hydrogens (tertiary/aromatic N) is 1. The summed E-state index contributed by atoms with van der Waals surface area (Å²) in [5.74, 6) is -0.132. The smallest absolute Gasteiger partial charge is 0.272 e. The molecule has 2 aromatic rings. The standard InChI is InChI=1S/C13H11BrClIN2O/c1-2-18-7-8(14)5-12(18)13(19)17-11-4-3-9(15)6-10(11)16/h3-7H,2H2,1H3,(H,17,19). The van der Waals surface area contributed by atoms with Crippen LogP contribution in [0.3, 0.4) is 0 Å². The van der Waals surface area contributed by atoms with Crippen LogP contribution in [0.15, 0.2) is 34.9 Å². The van der Waals surface area contributed by atoms with Gasteiger partial charge in [-0.3, -0.25) is 4.79 Å². The maximum atomic E-state index is 12.3. The molecule has 0 spiro atoms. The first kappa shape index (κ1) is 14.9. The van der Waals surface area contributed by atoms with Crippen LogP contribution in [0.5, 0.6) is 0 Å². The van der Waals surface area contributed by atoms with E-state index < -0.39 is 0 Å². The number of carbonyl (C=O) groups is 1. The summed E-state index contributed by atoms with van der Waals surface area (Å²) >= 11 is 11.4. The van der Waals surface area contributed by atoms with Crippen LogP contribution < -0.4 is 5.32 Å². The van der Waals surface area contributed by atoms with Crippen molar-refractivity contribution in [3.63, 3.8) is 0 Å². The second-order valence-corrected chi connectivity index (χ2v) is 6.42. The van der Waals surface area contributed by atoms with Crippen molar-refractivity contribution >= 4 is 61.7 Å². The van der Waals surface area contributed by atoms with Gasteiger partial charge in [0.05, 0.1) is 5.69 Å². The van der Waals surface area contributed by atoms with Crippen LogP contribution >= 0.6 is 50.1 Å². The van der Waals surface area contributed by atoms with Crippen molar-refractivity contribution in [2.24, 2.45) is 0 Å². The minimum absolute atomic E-state index is 0.132. The molecule has 0 unspecified atom stereocenters. The first-order valence-electron chi connectivity index (χ1n) is 5.63. The molecular formula is C13H11BrClIN2O. The Morgan fingerprint density at radius 3 is 2.84 bits per heavy atom. The third-order valence-corrected chi connectivity index (χ3v) is 4.18. The zero-order valence-corrected chi connectivity index (χ0v) is 14.6. The number of aromatic nitrogens is 1. The van der Waals surface area contributed by atoms with Gasteiger partial charge in [0.2, 0.25) is 0 Å². The Bertz CT molecular complexity index is 627. The third-order valence-electron chi connectivity index (χ3n) is 2.62. The molecule has 0 fully saturated rings. The largest absolute Gasteiger partial charge is 0.343 e. The number of hydrogen-bond acceptors (Lipinski definition) is 1. The molecule has 1 heterocycles. The van der Waals surface area contributed by atoms with Gasteiger partial charge in [-0.2, -0.15) is 0 Å². The highest BCUT2D eigenvalue weighted by Crippen LogP contribution is 2.23. The first-order valence-corrected chi connectivity index (χ1v) is 7.88. The van der Waals surface area contributed by atoms with Gasteiger partial charge < -0.3 is 9.88 Å². The fraction of sp³-hybridized carbons (Fsp3) is 0.154. The van der Waals surface area contributed by atoms with Gasteiger partial charge in [0.25, 0.3) is 5.91 Å². The van der Waals surface area contributed by atoms with Crippen LogP contribution in [0.2, 0.25) is 5.02 Å². The Balaban J connectivity index is 2.25. The van der Waals surface area contributed by atoms with Crippen molar-refractivity contribution in [3.05, 3.63) is 49.2 Å². The number of amides is 1. The van der Waals surface area contributed by atoms with Gasteiger partial charge in [0, 0.05) is 25.8 Å². The number of carbonyl (C=O) groups excluding carboxylic acids is 1. The molecule has 0 aliphatic rings. The second-order valence-electron chi connectivity index (χ2n) is 3.91. The van der Waals surface area contributed by atoms with Crippen molar-refractivity contribution in [2.75, 3.05) is 5.32 Å². The molecule has 0 bridgehead atoms. The first-order chi connectivity index (χ1) is 9.01. The van der Waals surface area contributed by atoms with E-state index in [0.29, 0.717) is 10.7 Å². The van der Waals surface area contributed by atoms with E-state index in [1.54, 1.807) is 12.1 Å². The van der Waals surface area contributed by atoms with Crippen molar-refractivity contribution < 1.29 is 4.79 Å². The van der Waals surface area contributed by atoms with Crippen molar-refractivity contribution in [3.8, 4) is 0 Å². The molecule has 2 rings (SSSR count).